The first-order chi connectivity index (χ1) is 9.13. The van der Waals surface area contributed by atoms with Crippen LogP contribution >= 0.6 is 0 Å². The molecule has 0 bridgehead atoms. The molecule has 1 aromatic heterocycles. The average Bonchev–Trinajstić information content (AvgIpc) is 2.42. The summed E-state index contributed by atoms with van der Waals surface area (Å²) in [5.41, 5.74) is 2.32. The molecule has 2 aromatic rings. The van der Waals surface area contributed by atoms with Crippen LogP contribution in [0.3, 0.4) is 0 Å². The van der Waals surface area contributed by atoms with Crippen LogP contribution in [0.25, 0.3) is 11.3 Å². The van der Waals surface area contributed by atoms with E-state index in [2.05, 4.69) is 5.32 Å². The lowest BCUT2D eigenvalue weighted by molar-refractivity contribution is 0.628. The fourth-order valence-electron chi connectivity index (χ4n) is 1.99. The monoisotopic (exact) mass is 260 g/mol. The molecule has 4 heteroatoms. The van der Waals surface area contributed by atoms with Crippen molar-refractivity contribution >= 4 is 0 Å². The maximum atomic E-state index is 12.9. The highest BCUT2D eigenvalue weighted by Crippen LogP contribution is 2.17. The Morgan fingerprint density at radius 2 is 1.84 bits per heavy atom. The first-order valence-corrected chi connectivity index (χ1v) is 6.29. The van der Waals surface area contributed by atoms with Gasteiger partial charge in [-0.05, 0) is 42.4 Å². The molecule has 100 valence electrons. The van der Waals surface area contributed by atoms with Gasteiger partial charge in [-0.2, -0.15) is 0 Å². The molecule has 19 heavy (non-hydrogen) atoms. The number of aromatic nitrogens is 1. The molecule has 1 aromatic carbocycles. The van der Waals surface area contributed by atoms with Crippen molar-refractivity contribution in [1.29, 1.82) is 0 Å². The van der Waals surface area contributed by atoms with E-state index >= 15 is 0 Å². The van der Waals surface area contributed by atoms with E-state index < -0.39 is 0 Å². The predicted molar refractivity (Wildman–Crippen MR) is 74.5 cm³/mol. The van der Waals surface area contributed by atoms with E-state index in [9.17, 15) is 9.18 Å². The van der Waals surface area contributed by atoms with Gasteiger partial charge in [-0.25, -0.2) is 4.39 Å². The van der Waals surface area contributed by atoms with Crippen LogP contribution in [-0.4, -0.2) is 11.1 Å². The van der Waals surface area contributed by atoms with Crippen LogP contribution in [0, 0.1) is 5.82 Å². The second-order valence-corrected chi connectivity index (χ2v) is 4.40. The van der Waals surface area contributed by atoms with E-state index in [0.717, 1.165) is 23.4 Å². The van der Waals surface area contributed by atoms with Gasteiger partial charge in [0, 0.05) is 19.2 Å². The van der Waals surface area contributed by atoms with Crippen LogP contribution in [0.5, 0.6) is 0 Å². The number of hydrogen-bond donors (Lipinski definition) is 1. The van der Waals surface area contributed by atoms with Gasteiger partial charge in [-0.3, -0.25) is 4.79 Å². The van der Waals surface area contributed by atoms with Gasteiger partial charge in [0.15, 0.2) is 0 Å². The fraction of sp³-hybridized carbons (Fsp3) is 0.267. The van der Waals surface area contributed by atoms with Crippen molar-refractivity contribution in [2.24, 2.45) is 7.05 Å². The molecule has 0 fully saturated rings. The number of halogens is 1. The molecule has 2 rings (SSSR count). The Kier molecular flexibility index (Phi) is 4.12. The van der Waals surface area contributed by atoms with Gasteiger partial charge in [0.05, 0.1) is 5.69 Å². The van der Waals surface area contributed by atoms with Crippen LogP contribution in [0.15, 0.2) is 41.2 Å². The zero-order valence-corrected chi connectivity index (χ0v) is 11.1. The Morgan fingerprint density at radius 3 is 2.47 bits per heavy atom. The van der Waals surface area contributed by atoms with Gasteiger partial charge in [0.1, 0.15) is 5.82 Å². The largest absolute Gasteiger partial charge is 0.313 e. The van der Waals surface area contributed by atoms with Gasteiger partial charge < -0.3 is 9.88 Å². The quantitative estimate of drug-likeness (QED) is 0.915. The third kappa shape index (κ3) is 2.90. The molecule has 0 aliphatic heterocycles. The Labute approximate surface area is 111 Å². The summed E-state index contributed by atoms with van der Waals surface area (Å²) >= 11 is 0. The van der Waals surface area contributed by atoms with Crippen LogP contribution in [-0.2, 0) is 13.6 Å². The van der Waals surface area contributed by atoms with Crippen molar-refractivity contribution in [1.82, 2.24) is 9.88 Å². The molecule has 0 radical (unpaired) electrons. The van der Waals surface area contributed by atoms with E-state index in [1.807, 2.05) is 19.1 Å². The van der Waals surface area contributed by atoms with Gasteiger partial charge in [-0.15, -0.1) is 0 Å². The van der Waals surface area contributed by atoms with Crippen molar-refractivity contribution in [3.63, 3.8) is 0 Å². The number of hydrogen-bond acceptors (Lipinski definition) is 2. The summed E-state index contributed by atoms with van der Waals surface area (Å²) in [6.45, 7) is 3.38. The summed E-state index contributed by atoms with van der Waals surface area (Å²) in [6.07, 6.45) is 0. The zero-order valence-electron chi connectivity index (χ0n) is 11.1. The summed E-state index contributed by atoms with van der Waals surface area (Å²) < 4.78 is 14.5. The van der Waals surface area contributed by atoms with Crippen molar-refractivity contribution in [2.75, 3.05) is 6.54 Å². The molecule has 3 nitrogen and oxygen atoms in total. The lowest BCUT2D eigenvalue weighted by atomic mass is 10.1. The van der Waals surface area contributed by atoms with E-state index in [1.54, 1.807) is 23.7 Å². The minimum absolute atomic E-state index is 0.0252. The molecule has 0 amide bonds. The number of benzene rings is 1. The Morgan fingerprint density at radius 1 is 1.16 bits per heavy atom. The second kappa shape index (κ2) is 5.80. The minimum Gasteiger partial charge on any atom is -0.313 e. The van der Waals surface area contributed by atoms with Crippen LogP contribution in [0.4, 0.5) is 4.39 Å². The Hall–Kier alpha value is -1.94. The van der Waals surface area contributed by atoms with E-state index in [1.165, 1.54) is 12.1 Å². The first-order valence-electron chi connectivity index (χ1n) is 6.29. The highest BCUT2D eigenvalue weighted by molar-refractivity contribution is 5.59. The normalized spacial score (nSPS) is 10.7. The summed E-state index contributed by atoms with van der Waals surface area (Å²) in [4.78, 5) is 12.2. The molecule has 0 unspecified atom stereocenters. The van der Waals surface area contributed by atoms with Crippen LogP contribution in [0.1, 0.15) is 12.5 Å². The van der Waals surface area contributed by atoms with E-state index in [-0.39, 0.29) is 11.4 Å². The number of nitrogens with zero attached hydrogens (tertiary/aromatic N) is 1. The van der Waals surface area contributed by atoms with E-state index in [4.69, 9.17) is 0 Å². The molecular formula is C15H17FN2O. The molecule has 0 aliphatic carbocycles. The summed E-state index contributed by atoms with van der Waals surface area (Å²) in [6, 6.07) is 9.85. The molecule has 0 spiro atoms. The van der Waals surface area contributed by atoms with E-state index in [0.29, 0.717) is 6.54 Å². The van der Waals surface area contributed by atoms with Gasteiger partial charge in [0.25, 0.3) is 5.56 Å². The predicted octanol–water partition coefficient (Wildman–Crippen LogP) is 2.30. The number of rotatable bonds is 4. The lowest BCUT2D eigenvalue weighted by Gasteiger charge is -2.11. The second-order valence-electron chi connectivity index (χ2n) is 4.40. The molecular weight excluding hydrogens is 243 g/mol. The van der Waals surface area contributed by atoms with Crippen molar-refractivity contribution in [3.8, 4) is 11.3 Å². The summed E-state index contributed by atoms with van der Waals surface area (Å²) in [5.74, 6) is -0.280. The summed E-state index contributed by atoms with van der Waals surface area (Å²) in [5, 5.41) is 3.14. The topological polar surface area (TPSA) is 34.0 Å². The highest BCUT2D eigenvalue weighted by Gasteiger charge is 2.07. The van der Waals surface area contributed by atoms with Gasteiger partial charge >= 0.3 is 0 Å². The third-order valence-electron chi connectivity index (χ3n) is 3.09. The first kappa shape index (κ1) is 13.5. The van der Waals surface area contributed by atoms with Crippen LogP contribution < -0.4 is 10.9 Å². The Balaban J connectivity index is 2.41. The van der Waals surface area contributed by atoms with Crippen molar-refractivity contribution < 1.29 is 4.39 Å². The summed E-state index contributed by atoms with van der Waals surface area (Å²) in [7, 11) is 1.73. The maximum absolute atomic E-state index is 12.9. The molecule has 0 aliphatic rings. The van der Waals surface area contributed by atoms with Gasteiger partial charge in [0.2, 0.25) is 0 Å². The van der Waals surface area contributed by atoms with Crippen molar-refractivity contribution in [2.45, 2.75) is 13.5 Å². The zero-order chi connectivity index (χ0) is 13.8. The molecule has 1 N–H and O–H groups in total. The fourth-order valence-corrected chi connectivity index (χ4v) is 1.99. The Bertz CT molecular complexity index is 617. The smallest absolute Gasteiger partial charge is 0.255 e. The standard InChI is InChI=1S/C15H17FN2O/c1-3-17-10-12-6-9-14(18(2)15(12)19)11-4-7-13(16)8-5-11/h4-9,17H,3,10H2,1-2H3. The average molecular weight is 260 g/mol. The van der Waals surface area contributed by atoms with Crippen molar-refractivity contribution in [3.05, 3.63) is 58.1 Å². The third-order valence-corrected chi connectivity index (χ3v) is 3.09. The molecule has 1 heterocycles. The van der Waals surface area contributed by atoms with Crippen LogP contribution in [0.2, 0.25) is 0 Å². The highest BCUT2D eigenvalue weighted by atomic mass is 19.1. The van der Waals surface area contributed by atoms with Gasteiger partial charge in [-0.1, -0.05) is 13.0 Å². The minimum atomic E-state index is -0.280. The number of nitrogens with one attached hydrogen (secondary N) is 1. The number of pyridine rings is 1. The molecule has 0 atom stereocenters. The SMILES string of the molecule is CCNCc1ccc(-c2ccc(F)cc2)n(C)c1=O. The molecule has 0 saturated carbocycles. The lowest BCUT2D eigenvalue weighted by Crippen LogP contribution is -2.26. The molecule has 0 saturated heterocycles. The maximum Gasteiger partial charge on any atom is 0.255 e.